The topological polar surface area (TPSA) is 73.1 Å². The van der Waals surface area contributed by atoms with Crippen molar-refractivity contribution in [1.82, 2.24) is 4.57 Å². The number of hydrogen-bond donors (Lipinski definition) is 2. The molecule has 1 aromatic carbocycles. The van der Waals surface area contributed by atoms with Crippen LogP contribution in [-0.4, -0.2) is 39.5 Å². The summed E-state index contributed by atoms with van der Waals surface area (Å²) in [5.74, 6) is -2.71. The van der Waals surface area contributed by atoms with Crippen LogP contribution >= 0.6 is 23.2 Å². The van der Waals surface area contributed by atoms with Gasteiger partial charge in [-0.25, -0.2) is 8.96 Å². The smallest absolute Gasteiger partial charge is 0.217 e. The maximum absolute atomic E-state index is 14.9. The normalized spacial score (nSPS) is 17.9. The number of halogens is 3. The van der Waals surface area contributed by atoms with E-state index in [4.69, 9.17) is 37.4 Å². The van der Waals surface area contributed by atoms with Gasteiger partial charge in [-0.1, -0.05) is 11.6 Å². The number of aromatic nitrogens is 1. The summed E-state index contributed by atoms with van der Waals surface area (Å²) in [6.45, 7) is 7.69. The van der Waals surface area contributed by atoms with E-state index in [1.807, 2.05) is 13.8 Å². The van der Waals surface area contributed by atoms with Crippen LogP contribution in [0.4, 0.5) is 4.39 Å². The van der Waals surface area contributed by atoms with Gasteiger partial charge in [-0.2, -0.15) is 0 Å². The first kappa shape index (κ1) is 23.0. The average Bonchev–Trinajstić information content (AvgIpc) is 2.92. The second-order valence-electron chi connectivity index (χ2n) is 7.28. The Bertz CT molecular complexity index is 925. The standard InChI is InChI=1S/C21H26Cl2FNO5/c1-5-28-21(29-6-2)17(23)8-7-12-18(21)20(27)25(19(12)26)15-10-16(30-11(3)4)13(22)9-14(15)24/h9-11,17,26-27H,5-8H2,1-4H3. The Morgan fingerprint density at radius 2 is 1.83 bits per heavy atom. The molecule has 0 bridgehead atoms. The Morgan fingerprint density at radius 1 is 1.20 bits per heavy atom. The molecule has 0 saturated carbocycles. The van der Waals surface area contributed by atoms with Gasteiger partial charge in [0.1, 0.15) is 11.6 Å². The predicted molar refractivity (Wildman–Crippen MR) is 113 cm³/mol. The highest BCUT2D eigenvalue weighted by molar-refractivity contribution is 6.32. The molecule has 3 rings (SSSR count). The third kappa shape index (κ3) is 3.73. The molecule has 0 spiro atoms. The number of alkyl halides is 1. The number of benzene rings is 1. The van der Waals surface area contributed by atoms with Gasteiger partial charge in [-0.3, -0.25) is 0 Å². The number of nitrogens with zero attached hydrogens (tertiary/aromatic N) is 1. The van der Waals surface area contributed by atoms with Gasteiger partial charge in [0.05, 0.1) is 27.8 Å². The Hall–Kier alpha value is -1.67. The van der Waals surface area contributed by atoms with Crippen molar-refractivity contribution >= 4 is 23.2 Å². The second-order valence-corrected chi connectivity index (χ2v) is 8.21. The van der Waals surface area contributed by atoms with E-state index in [0.717, 1.165) is 10.6 Å². The summed E-state index contributed by atoms with van der Waals surface area (Å²) in [6.07, 6.45) is 0.597. The van der Waals surface area contributed by atoms with Crippen molar-refractivity contribution in [3.63, 3.8) is 0 Å². The Kier molecular flexibility index (Phi) is 6.77. The molecule has 1 heterocycles. The van der Waals surface area contributed by atoms with E-state index in [1.54, 1.807) is 13.8 Å². The van der Waals surface area contributed by atoms with Crippen LogP contribution in [0.5, 0.6) is 17.5 Å². The molecule has 9 heteroatoms. The van der Waals surface area contributed by atoms with Gasteiger partial charge >= 0.3 is 0 Å². The summed E-state index contributed by atoms with van der Waals surface area (Å²) in [5.41, 5.74) is 0.482. The number of hydrogen-bond acceptors (Lipinski definition) is 5. The Labute approximate surface area is 185 Å². The fourth-order valence-electron chi connectivity index (χ4n) is 3.87. The Morgan fingerprint density at radius 3 is 2.40 bits per heavy atom. The number of ether oxygens (including phenoxy) is 3. The summed E-state index contributed by atoms with van der Waals surface area (Å²) in [7, 11) is 0. The molecule has 2 N–H and O–H groups in total. The number of fused-ring (bicyclic) bond motifs is 1. The molecule has 2 aromatic rings. The summed E-state index contributed by atoms with van der Waals surface area (Å²) in [6, 6.07) is 2.42. The molecule has 166 valence electrons. The van der Waals surface area contributed by atoms with Gasteiger partial charge in [0.15, 0.2) is 0 Å². The lowest BCUT2D eigenvalue weighted by atomic mass is 9.88. The second kappa shape index (κ2) is 8.83. The van der Waals surface area contributed by atoms with Crippen LogP contribution in [0, 0.1) is 5.82 Å². The van der Waals surface area contributed by atoms with E-state index >= 15 is 0 Å². The summed E-state index contributed by atoms with van der Waals surface area (Å²) in [5, 5.41) is 21.5. The van der Waals surface area contributed by atoms with E-state index in [2.05, 4.69) is 0 Å². The molecule has 30 heavy (non-hydrogen) atoms. The van der Waals surface area contributed by atoms with Crippen molar-refractivity contribution < 1.29 is 28.8 Å². The molecule has 0 amide bonds. The monoisotopic (exact) mass is 461 g/mol. The lowest BCUT2D eigenvalue weighted by Crippen LogP contribution is -2.45. The van der Waals surface area contributed by atoms with Crippen molar-refractivity contribution in [3.8, 4) is 23.2 Å². The van der Waals surface area contributed by atoms with Crippen molar-refractivity contribution in [2.45, 2.75) is 57.8 Å². The summed E-state index contributed by atoms with van der Waals surface area (Å²) >= 11 is 12.7. The van der Waals surface area contributed by atoms with Gasteiger partial charge in [-0.05, 0) is 46.6 Å². The first-order valence-electron chi connectivity index (χ1n) is 9.91. The minimum absolute atomic E-state index is 0.0830. The lowest BCUT2D eigenvalue weighted by Gasteiger charge is -2.40. The van der Waals surface area contributed by atoms with Crippen molar-refractivity contribution in [3.05, 3.63) is 34.1 Å². The average molecular weight is 462 g/mol. The van der Waals surface area contributed by atoms with Crippen LogP contribution in [-0.2, 0) is 21.7 Å². The van der Waals surface area contributed by atoms with E-state index in [-0.39, 0.29) is 47.2 Å². The number of rotatable bonds is 7. The number of aromatic hydroxyl groups is 2. The molecule has 0 fully saturated rings. The molecular weight excluding hydrogens is 436 g/mol. The van der Waals surface area contributed by atoms with E-state index in [0.29, 0.717) is 18.4 Å². The zero-order valence-electron chi connectivity index (χ0n) is 17.3. The molecule has 0 radical (unpaired) electrons. The summed E-state index contributed by atoms with van der Waals surface area (Å²) in [4.78, 5) is 0. The molecule has 0 aliphatic heterocycles. The van der Waals surface area contributed by atoms with E-state index in [1.165, 1.54) is 6.07 Å². The highest BCUT2D eigenvalue weighted by Gasteiger charge is 2.51. The minimum atomic E-state index is -1.47. The quantitative estimate of drug-likeness (QED) is 0.435. The zero-order chi connectivity index (χ0) is 22.2. The van der Waals surface area contributed by atoms with Crippen LogP contribution < -0.4 is 4.74 Å². The van der Waals surface area contributed by atoms with Crippen molar-refractivity contribution in [2.24, 2.45) is 0 Å². The minimum Gasteiger partial charge on any atom is -0.494 e. The van der Waals surface area contributed by atoms with Gasteiger partial charge in [-0.15, -0.1) is 11.6 Å². The highest BCUT2D eigenvalue weighted by atomic mass is 35.5. The van der Waals surface area contributed by atoms with Crippen molar-refractivity contribution in [1.29, 1.82) is 0 Å². The Balaban J connectivity index is 2.26. The van der Waals surface area contributed by atoms with E-state index < -0.39 is 22.9 Å². The van der Waals surface area contributed by atoms with Gasteiger partial charge in [0, 0.05) is 24.8 Å². The van der Waals surface area contributed by atoms with Gasteiger partial charge in [0.2, 0.25) is 17.5 Å². The molecule has 6 nitrogen and oxygen atoms in total. The van der Waals surface area contributed by atoms with Crippen LogP contribution in [0.2, 0.25) is 5.02 Å². The van der Waals surface area contributed by atoms with Crippen LogP contribution in [0.25, 0.3) is 5.69 Å². The molecule has 1 aliphatic rings. The fourth-order valence-corrected chi connectivity index (χ4v) is 4.41. The zero-order valence-corrected chi connectivity index (χ0v) is 18.8. The fraction of sp³-hybridized carbons (Fsp3) is 0.524. The molecule has 1 aliphatic carbocycles. The largest absolute Gasteiger partial charge is 0.494 e. The first-order valence-corrected chi connectivity index (χ1v) is 10.7. The van der Waals surface area contributed by atoms with Gasteiger partial charge < -0.3 is 24.4 Å². The van der Waals surface area contributed by atoms with Crippen molar-refractivity contribution in [2.75, 3.05) is 13.2 Å². The molecule has 1 atom stereocenters. The first-order chi connectivity index (χ1) is 14.2. The summed E-state index contributed by atoms with van der Waals surface area (Å²) < 4.78 is 33.3. The third-order valence-electron chi connectivity index (χ3n) is 4.95. The predicted octanol–water partition coefficient (Wildman–Crippen LogP) is 5.25. The van der Waals surface area contributed by atoms with Gasteiger partial charge in [0.25, 0.3) is 0 Å². The maximum Gasteiger partial charge on any atom is 0.217 e. The van der Waals surface area contributed by atoms with E-state index in [9.17, 15) is 14.6 Å². The molecule has 0 saturated heterocycles. The van der Waals surface area contributed by atoms with Crippen LogP contribution in [0.15, 0.2) is 12.1 Å². The third-order valence-corrected chi connectivity index (χ3v) is 5.75. The SMILES string of the molecule is CCOC1(OCC)c2c(c(O)n(-c3cc(OC(C)C)c(Cl)cc3F)c2O)CCC1Cl. The maximum atomic E-state index is 14.9. The van der Waals surface area contributed by atoms with Crippen LogP contribution in [0.3, 0.4) is 0 Å². The lowest BCUT2D eigenvalue weighted by molar-refractivity contribution is -0.247. The molecule has 1 aromatic heterocycles. The highest BCUT2D eigenvalue weighted by Crippen LogP contribution is 2.52. The van der Waals surface area contributed by atoms with Crippen LogP contribution in [0.1, 0.15) is 45.2 Å². The molecular formula is C21H26Cl2FNO5. The molecule has 1 unspecified atom stereocenters.